The summed E-state index contributed by atoms with van der Waals surface area (Å²) in [6.45, 7) is 4.16. The number of rotatable bonds is 5. The van der Waals surface area contributed by atoms with Crippen LogP contribution in [0.15, 0.2) is 0 Å². The number of aryl methyl sites for hydroxylation is 1. The summed E-state index contributed by atoms with van der Waals surface area (Å²) in [4.78, 5) is 17.7. The Kier molecular flexibility index (Phi) is 6.92. The molecule has 0 aromatic carbocycles. The topological polar surface area (TPSA) is 68.0 Å². The number of nitrogens with zero attached hydrogens (tertiary/aromatic N) is 1. The molecular formula is C14H24ClN3OS. The van der Waals surface area contributed by atoms with Gasteiger partial charge in [-0.25, -0.2) is 4.98 Å². The van der Waals surface area contributed by atoms with Crippen molar-refractivity contribution in [3.8, 4) is 0 Å². The van der Waals surface area contributed by atoms with Crippen LogP contribution in [0.4, 0.5) is 5.13 Å². The minimum atomic E-state index is 0. The molecule has 1 heterocycles. The first kappa shape index (κ1) is 17.4. The van der Waals surface area contributed by atoms with Crippen molar-refractivity contribution in [2.45, 2.75) is 58.4 Å². The van der Waals surface area contributed by atoms with Crippen LogP contribution >= 0.6 is 23.7 Å². The molecular weight excluding hydrogens is 294 g/mol. The van der Waals surface area contributed by atoms with E-state index in [9.17, 15) is 4.79 Å². The van der Waals surface area contributed by atoms with E-state index >= 15 is 0 Å². The number of hydrogen-bond donors (Lipinski definition) is 2. The highest BCUT2D eigenvalue weighted by Gasteiger charge is 2.21. The van der Waals surface area contributed by atoms with Crippen molar-refractivity contribution < 1.29 is 4.79 Å². The summed E-state index contributed by atoms with van der Waals surface area (Å²) in [6, 6.07) is 0.0700. The monoisotopic (exact) mass is 317 g/mol. The van der Waals surface area contributed by atoms with Crippen molar-refractivity contribution in [2.24, 2.45) is 11.7 Å². The van der Waals surface area contributed by atoms with Gasteiger partial charge in [0.15, 0.2) is 5.13 Å². The van der Waals surface area contributed by atoms with E-state index in [1.807, 2.05) is 6.92 Å². The number of hydrogen-bond acceptors (Lipinski definition) is 4. The van der Waals surface area contributed by atoms with E-state index in [0.717, 1.165) is 30.3 Å². The van der Waals surface area contributed by atoms with Crippen LogP contribution in [0, 0.1) is 5.92 Å². The van der Waals surface area contributed by atoms with E-state index in [-0.39, 0.29) is 24.4 Å². The van der Waals surface area contributed by atoms with Gasteiger partial charge in [-0.15, -0.1) is 23.7 Å². The first-order valence-electron chi connectivity index (χ1n) is 7.12. The Bertz CT molecular complexity index is 448. The molecule has 20 heavy (non-hydrogen) atoms. The van der Waals surface area contributed by atoms with Gasteiger partial charge in [-0.3, -0.25) is 4.79 Å². The molecule has 114 valence electrons. The van der Waals surface area contributed by atoms with Gasteiger partial charge >= 0.3 is 0 Å². The van der Waals surface area contributed by atoms with E-state index in [1.165, 1.54) is 23.4 Å². The molecule has 1 aliphatic rings. The summed E-state index contributed by atoms with van der Waals surface area (Å²) in [7, 11) is 0. The average molecular weight is 318 g/mol. The number of carbonyl (C=O) groups excluding carboxylic acids is 1. The van der Waals surface area contributed by atoms with E-state index < -0.39 is 0 Å². The van der Waals surface area contributed by atoms with Crippen LogP contribution in [0.5, 0.6) is 0 Å². The van der Waals surface area contributed by atoms with Gasteiger partial charge < -0.3 is 11.1 Å². The number of carbonyl (C=O) groups is 1. The lowest BCUT2D eigenvalue weighted by Crippen LogP contribution is -2.19. The van der Waals surface area contributed by atoms with Gasteiger partial charge in [0.25, 0.3) is 0 Å². The van der Waals surface area contributed by atoms with Gasteiger partial charge in [0.2, 0.25) is 5.91 Å². The molecule has 0 saturated heterocycles. The van der Waals surface area contributed by atoms with Crippen molar-refractivity contribution in [1.82, 2.24) is 4.98 Å². The van der Waals surface area contributed by atoms with E-state index in [0.29, 0.717) is 6.42 Å². The third-order valence-electron chi connectivity index (χ3n) is 3.69. The van der Waals surface area contributed by atoms with Crippen molar-refractivity contribution >= 4 is 34.8 Å². The summed E-state index contributed by atoms with van der Waals surface area (Å²) in [5.74, 6) is 0.810. The number of amides is 1. The molecule has 2 unspecified atom stereocenters. The Hall–Kier alpha value is -0.650. The maximum Gasteiger partial charge on any atom is 0.226 e. The lowest BCUT2D eigenvalue weighted by atomic mass is 9.89. The van der Waals surface area contributed by atoms with Crippen molar-refractivity contribution in [3.63, 3.8) is 0 Å². The molecule has 1 aromatic rings. The van der Waals surface area contributed by atoms with Crippen molar-refractivity contribution in [2.75, 3.05) is 5.32 Å². The predicted molar refractivity (Wildman–Crippen MR) is 86.7 cm³/mol. The van der Waals surface area contributed by atoms with Crippen LogP contribution in [-0.4, -0.2) is 16.9 Å². The van der Waals surface area contributed by atoms with Crippen LogP contribution in [0.2, 0.25) is 0 Å². The number of nitrogens with one attached hydrogen (secondary N) is 1. The Morgan fingerprint density at radius 1 is 1.60 bits per heavy atom. The molecule has 3 N–H and O–H groups in total. The Morgan fingerprint density at radius 3 is 3.00 bits per heavy atom. The van der Waals surface area contributed by atoms with Crippen molar-refractivity contribution in [1.29, 1.82) is 0 Å². The van der Waals surface area contributed by atoms with Gasteiger partial charge in [0.05, 0.1) is 5.69 Å². The number of thiazole rings is 1. The maximum atomic E-state index is 11.8. The number of nitrogens with two attached hydrogens (primary N) is 1. The Morgan fingerprint density at radius 2 is 2.35 bits per heavy atom. The van der Waals surface area contributed by atoms with E-state index in [1.54, 1.807) is 11.3 Å². The molecule has 1 amide bonds. The van der Waals surface area contributed by atoms with Crippen LogP contribution in [0.1, 0.15) is 50.1 Å². The normalized spacial score (nSPS) is 18.9. The van der Waals surface area contributed by atoms with E-state index in [4.69, 9.17) is 5.73 Å². The molecule has 0 bridgehead atoms. The lowest BCUT2D eigenvalue weighted by Gasteiger charge is -2.18. The highest BCUT2D eigenvalue weighted by molar-refractivity contribution is 7.15. The number of halogens is 1. The van der Waals surface area contributed by atoms with E-state index in [2.05, 4.69) is 17.2 Å². The molecule has 4 nitrogen and oxygen atoms in total. The Balaban J connectivity index is 0.00000200. The van der Waals surface area contributed by atoms with Crippen molar-refractivity contribution in [3.05, 3.63) is 10.6 Å². The lowest BCUT2D eigenvalue weighted by molar-refractivity contribution is -0.116. The molecule has 2 atom stereocenters. The predicted octanol–water partition coefficient (Wildman–Crippen LogP) is 3.15. The minimum Gasteiger partial charge on any atom is -0.328 e. The molecule has 0 radical (unpaired) electrons. The summed E-state index contributed by atoms with van der Waals surface area (Å²) in [5, 5.41) is 3.66. The fraction of sp³-hybridized carbons (Fsp3) is 0.714. The first-order valence-corrected chi connectivity index (χ1v) is 7.94. The zero-order chi connectivity index (χ0) is 13.8. The molecule has 1 aromatic heterocycles. The number of aromatic nitrogens is 1. The number of anilines is 1. The SMILES string of the molecule is CCC1CCc2nc(NC(=O)CCC(C)N)sc2C1.Cl. The minimum absolute atomic E-state index is 0. The van der Waals surface area contributed by atoms with Crippen LogP contribution in [0.25, 0.3) is 0 Å². The molecule has 6 heteroatoms. The summed E-state index contributed by atoms with van der Waals surface area (Å²) in [5.41, 5.74) is 6.84. The molecule has 1 aliphatic carbocycles. The fourth-order valence-electron chi connectivity index (χ4n) is 2.39. The highest BCUT2D eigenvalue weighted by Crippen LogP contribution is 2.33. The quantitative estimate of drug-likeness (QED) is 0.876. The Labute approximate surface area is 131 Å². The summed E-state index contributed by atoms with van der Waals surface area (Å²) in [6.07, 6.45) is 5.83. The second-order valence-electron chi connectivity index (χ2n) is 5.47. The molecule has 0 spiro atoms. The second-order valence-corrected chi connectivity index (χ2v) is 6.55. The number of fused-ring (bicyclic) bond motifs is 1. The molecule has 0 fully saturated rings. The summed E-state index contributed by atoms with van der Waals surface area (Å²) >= 11 is 1.64. The van der Waals surface area contributed by atoms with Gasteiger partial charge in [0, 0.05) is 17.3 Å². The van der Waals surface area contributed by atoms with Gasteiger partial charge in [-0.05, 0) is 38.5 Å². The first-order chi connectivity index (χ1) is 9.08. The largest absolute Gasteiger partial charge is 0.328 e. The highest BCUT2D eigenvalue weighted by atomic mass is 35.5. The van der Waals surface area contributed by atoms with Crippen LogP contribution in [0.3, 0.4) is 0 Å². The zero-order valence-electron chi connectivity index (χ0n) is 12.1. The summed E-state index contributed by atoms with van der Waals surface area (Å²) < 4.78 is 0. The average Bonchev–Trinajstić information content (AvgIpc) is 2.77. The molecule has 0 aliphatic heterocycles. The molecule has 0 saturated carbocycles. The van der Waals surface area contributed by atoms with Gasteiger partial charge in [-0.2, -0.15) is 0 Å². The smallest absolute Gasteiger partial charge is 0.226 e. The fourth-order valence-corrected chi connectivity index (χ4v) is 3.52. The second kappa shape index (κ2) is 7.96. The van der Waals surface area contributed by atoms with Crippen LogP contribution < -0.4 is 11.1 Å². The van der Waals surface area contributed by atoms with Gasteiger partial charge in [-0.1, -0.05) is 13.3 Å². The maximum absolute atomic E-state index is 11.8. The third kappa shape index (κ3) is 4.72. The third-order valence-corrected chi connectivity index (χ3v) is 4.73. The van der Waals surface area contributed by atoms with Gasteiger partial charge in [0.1, 0.15) is 0 Å². The molecule has 2 rings (SSSR count). The standard InChI is InChI=1S/C14H23N3OS.ClH/c1-3-10-5-6-11-12(8-10)19-14(16-11)17-13(18)7-4-9(2)15;/h9-10H,3-8,15H2,1-2H3,(H,16,17,18);1H. The van der Waals surface area contributed by atoms with Crippen LogP contribution in [-0.2, 0) is 17.6 Å². The zero-order valence-corrected chi connectivity index (χ0v) is 13.8.